The topological polar surface area (TPSA) is 55.6 Å². The zero-order chi connectivity index (χ0) is 21.2. The van der Waals surface area contributed by atoms with E-state index in [1.54, 1.807) is 11.3 Å². The Bertz CT molecular complexity index is 841. The summed E-state index contributed by atoms with van der Waals surface area (Å²) in [5.74, 6) is 0. The predicted octanol–water partition coefficient (Wildman–Crippen LogP) is 5.63. The van der Waals surface area contributed by atoms with E-state index in [-0.39, 0.29) is 0 Å². The molecule has 0 fully saturated rings. The summed E-state index contributed by atoms with van der Waals surface area (Å²) in [4.78, 5) is 18.7. The zero-order valence-electron chi connectivity index (χ0n) is 17.5. The highest BCUT2D eigenvalue weighted by Crippen LogP contribution is 2.31. The third-order valence-electron chi connectivity index (χ3n) is 5.21. The highest BCUT2D eigenvalue weighted by atomic mass is 32.1. The van der Waals surface area contributed by atoms with Gasteiger partial charge in [0.2, 0.25) is 0 Å². The lowest BCUT2D eigenvalue weighted by atomic mass is 9.80. The van der Waals surface area contributed by atoms with Gasteiger partial charge in [-0.3, -0.25) is 4.84 Å². The molecule has 0 aliphatic heterocycles. The van der Waals surface area contributed by atoms with E-state index in [0.29, 0.717) is 25.9 Å². The Labute approximate surface area is 183 Å². The first-order chi connectivity index (χ1) is 14.6. The lowest BCUT2D eigenvalue weighted by Gasteiger charge is -2.42. The summed E-state index contributed by atoms with van der Waals surface area (Å²) in [6.45, 7) is 2.57. The second kappa shape index (κ2) is 11.0. The van der Waals surface area contributed by atoms with Gasteiger partial charge in [-0.05, 0) is 59.2 Å². The van der Waals surface area contributed by atoms with Crippen molar-refractivity contribution in [2.24, 2.45) is 5.73 Å². The minimum Gasteiger partial charge on any atom is -0.350 e. The minimum absolute atomic E-state index is 0.467. The first-order valence-corrected chi connectivity index (χ1v) is 11.4. The monoisotopic (exact) mass is 422 g/mol. The summed E-state index contributed by atoms with van der Waals surface area (Å²) in [7, 11) is 0. The fraction of sp³-hybridized carbons (Fsp3) is 0.320. The third kappa shape index (κ3) is 5.94. The van der Waals surface area contributed by atoms with E-state index >= 15 is 0 Å². The Morgan fingerprint density at radius 3 is 1.97 bits per heavy atom. The van der Waals surface area contributed by atoms with E-state index in [1.807, 2.05) is 36.4 Å². The van der Waals surface area contributed by atoms with Crippen LogP contribution in [0.15, 0.2) is 77.5 Å². The number of urea groups is 1. The van der Waals surface area contributed by atoms with Crippen LogP contribution < -0.4 is 5.73 Å². The average Bonchev–Trinajstić information content (AvgIpc) is 3.25. The summed E-state index contributed by atoms with van der Waals surface area (Å²) in [6, 6.07) is 22.1. The second-order valence-electron chi connectivity index (χ2n) is 7.68. The molecule has 30 heavy (non-hydrogen) atoms. The zero-order valence-corrected chi connectivity index (χ0v) is 18.3. The number of nitrogens with zero attached hydrogens (tertiary/aromatic N) is 1. The van der Waals surface area contributed by atoms with Gasteiger partial charge in [0.05, 0.1) is 12.1 Å². The Balaban J connectivity index is 2.05. The number of amides is 2. The van der Waals surface area contributed by atoms with Crippen molar-refractivity contribution in [3.8, 4) is 0 Å². The SMILES string of the molecule is CCCCON(C(N)=O)C(Cc1ccccc1)(Cc1ccccc1)Cc1ccsc1. The Hall–Kier alpha value is -2.63. The molecule has 0 saturated heterocycles. The number of primary amides is 1. The maximum atomic E-state index is 12.7. The maximum Gasteiger partial charge on any atom is 0.339 e. The molecule has 5 heteroatoms. The van der Waals surface area contributed by atoms with Gasteiger partial charge in [0.25, 0.3) is 0 Å². The van der Waals surface area contributed by atoms with Crippen LogP contribution in [0.25, 0.3) is 0 Å². The van der Waals surface area contributed by atoms with Crippen LogP contribution in [0.4, 0.5) is 4.79 Å². The number of benzene rings is 2. The van der Waals surface area contributed by atoms with E-state index in [9.17, 15) is 4.79 Å². The number of nitrogens with two attached hydrogens (primary N) is 1. The van der Waals surface area contributed by atoms with E-state index in [4.69, 9.17) is 10.6 Å². The first kappa shape index (κ1) is 22.1. The van der Waals surface area contributed by atoms with Crippen molar-refractivity contribution in [1.82, 2.24) is 5.06 Å². The maximum absolute atomic E-state index is 12.7. The Morgan fingerprint density at radius 1 is 0.933 bits per heavy atom. The van der Waals surface area contributed by atoms with Gasteiger partial charge in [-0.25, -0.2) is 4.79 Å². The lowest BCUT2D eigenvalue weighted by molar-refractivity contribution is -0.180. The number of hydroxylamine groups is 2. The summed E-state index contributed by atoms with van der Waals surface area (Å²) < 4.78 is 0. The number of hydrogen-bond acceptors (Lipinski definition) is 3. The molecule has 3 rings (SSSR count). The summed E-state index contributed by atoms with van der Waals surface area (Å²) in [6.07, 6.45) is 3.81. The largest absolute Gasteiger partial charge is 0.350 e. The number of unbranched alkanes of at least 4 members (excludes halogenated alkanes) is 1. The molecule has 0 atom stereocenters. The molecular weight excluding hydrogens is 392 g/mol. The lowest BCUT2D eigenvalue weighted by Crippen LogP contribution is -2.58. The minimum atomic E-state index is -0.636. The molecule has 4 nitrogen and oxygen atoms in total. The van der Waals surface area contributed by atoms with Gasteiger partial charge in [-0.2, -0.15) is 16.4 Å². The number of rotatable bonds is 11. The smallest absolute Gasteiger partial charge is 0.339 e. The van der Waals surface area contributed by atoms with Crippen LogP contribution in [0.5, 0.6) is 0 Å². The molecule has 0 bridgehead atoms. The molecule has 2 amide bonds. The third-order valence-corrected chi connectivity index (χ3v) is 5.95. The summed E-state index contributed by atoms with van der Waals surface area (Å²) >= 11 is 1.66. The van der Waals surface area contributed by atoms with Crippen molar-refractivity contribution in [2.45, 2.75) is 44.6 Å². The fourth-order valence-corrected chi connectivity index (χ4v) is 4.53. The highest BCUT2D eigenvalue weighted by molar-refractivity contribution is 7.07. The molecule has 158 valence electrons. The molecule has 1 aromatic heterocycles. The van der Waals surface area contributed by atoms with Crippen LogP contribution in [0, 0.1) is 0 Å². The summed E-state index contributed by atoms with van der Waals surface area (Å²) in [5.41, 5.74) is 8.74. The van der Waals surface area contributed by atoms with Crippen molar-refractivity contribution >= 4 is 17.4 Å². The van der Waals surface area contributed by atoms with Crippen LogP contribution in [0.1, 0.15) is 36.5 Å². The quantitative estimate of drug-likeness (QED) is 0.322. The van der Waals surface area contributed by atoms with Gasteiger partial charge in [0.1, 0.15) is 0 Å². The molecular formula is C25H30N2O2S. The number of thiophene rings is 1. The van der Waals surface area contributed by atoms with Gasteiger partial charge >= 0.3 is 6.03 Å². The molecule has 0 saturated carbocycles. The number of carbonyl (C=O) groups is 1. The van der Waals surface area contributed by atoms with Crippen LogP contribution in [-0.4, -0.2) is 23.2 Å². The fourth-order valence-electron chi connectivity index (χ4n) is 3.86. The van der Waals surface area contributed by atoms with Crippen molar-refractivity contribution in [1.29, 1.82) is 0 Å². The van der Waals surface area contributed by atoms with Crippen LogP contribution >= 0.6 is 11.3 Å². The van der Waals surface area contributed by atoms with Gasteiger partial charge in [-0.1, -0.05) is 74.0 Å². The molecule has 1 heterocycles. The molecule has 3 aromatic rings. The van der Waals surface area contributed by atoms with Crippen molar-refractivity contribution in [2.75, 3.05) is 6.61 Å². The molecule has 0 aliphatic rings. The van der Waals surface area contributed by atoms with E-state index in [0.717, 1.165) is 24.0 Å². The van der Waals surface area contributed by atoms with Crippen LogP contribution in [0.2, 0.25) is 0 Å². The summed E-state index contributed by atoms with van der Waals surface area (Å²) in [5, 5.41) is 5.66. The molecule has 0 radical (unpaired) electrons. The van der Waals surface area contributed by atoms with E-state index in [2.05, 4.69) is 48.0 Å². The van der Waals surface area contributed by atoms with Crippen molar-refractivity contribution in [3.63, 3.8) is 0 Å². The van der Waals surface area contributed by atoms with E-state index in [1.165, 1.54) is 10.6 Å². The van der Waals surface area contributed by atoms with Crippen molar-refractivity contribution in [3.05, 3.63) is 94.2 Å². The van der Waals surface area contributed by atoms with Gasteiger partial charge in [0.15, 0.2) is 0 Å². The Morgan fingerprint density at radius 2 is 1.50 bits per heavy atom. The molecule has 0 aliphatic carbocycles. The normalized spacial score (nSPS) is 11.4. The van der Waals surface area contributed by atoms with Gasteiger partial charge in [-0.15, -0.1) is 0 Å². The average molecular weight is 423 g/mol. The molecule has 0 spiro atoms. The molecule has 0 unspecified atom stereocenters. The molecule has 2 aromatic carbocycles. The predicted molar refractivity (Wildman–Crippen MR) is 123 cm³/mol. The van der Waals surface area contributed by atoms with Gasteiger partial charge in [0, 0.05) is 0 Å². The van der Waals surface area contributed by atoms with E-state index < -0.39 is 11.6 Å². The molecule has 2 N–H and O–H groups in total. The second-order valence-corrected chi connectivity index (χ2v) is 8.46. The first-order valence-electron chi connectivity index (χ1n) is 10.4. The Kier molecular flexibility index (Phi) is 8.05. The highest BCUT2D eigenvalue weighted by Gasteiger charge is 2.41. The van der Waals surface area contributed by atoms with Crippen LogP contribution in [0.3, 0.4) is 0 Å². The van der Waals surface area contributed by atoms with Crippen molar-refractivity contribution < 1.29 is 9.63 Å². The van der Waals surface area contributed by atoms with Gasteiger partial charge < -0.3 is 5.73 Å². The van der Waals surface area contributed by atoms with Crippen LogP contribution in [-0.2, 0) is 24.1 Å². The number of carbonyl (C=O) groups excluding carboxylic acids is 1. The standard InChI is InChI=1S/C25H30N2O2S/c1-2-3-15-29-27(24(26)28)25(19-23-14-16-30-20-23,17-21-10-6-4-7-11-21)18-22-12-8-5-9-13-22/h4-14,16,20H,2-3,15,17-19H2,1H3,(H2,26,28). The number of hydrogen-bond donors (Lipinski definition) is 1.